The lowest BCUT2D eigenvalue weighted by atomic mass is 10.2. The molecule has 1 aliphatic heterocycles. The number of carbonyl (C=O) groups is 3. The Morgan fingerprint density at radius 2 is 1.72 bits per heavy atom. The second-order valence-corrected chi connectivity index (χ2v) is 5.24. The van der Waals surface area contributed by atoms with E-state index in [1.807, 2.05) is 18.2 Å². The first-order valence-corrected chi connectivity index (χ1v) is 7.52. The van der Waals surface area contributed by atoms with Gasteiger partial charge in [0.15, 0.2) is 6.61 Å². The van der Waals surface area contributed by atoms with Crippen molar-refractivity contribution < 1.29 is 19.1 Å². The van der Waals surface area contributed by atoms with Crippen LogP contribution in [0.5, 0.6) is 5.75 Å². The van der Waals surface area contributed by atoms with Crippen molar-refractivity contribution in [2.24, 2.45) is 0 Å². The number of imide groups is 1. The average molecular weight is 337 g/mol. The molecule has 3 N–H and O–H groups in total. The minimum Gasteiger partial charge on any atom is -0.484 e. The summed E-state index contributed by atoms with van der Waals surface area (Å²) in [5.41, 5.74) is 1.60. The quantitative estimate of drug-likeness (QED) is 0.573. The standard InChI is InChI=1S/C18H15N3O4/c22-16(19-13-4-2-1-3-5-13)11-25-14-8-6-12(7-9-14)10-15-17(23)21-18(24)20-15/h1-10H,11H2,(H,19,22)(H2,20,21,23,24). The van der Waals surface area contributed by atoms with E-state index in [1.54, 1.807) is 42.5 Å². The number of carbonyl (C=O) groups excluding carboxylic acids is 3. The van der Waals surface area contributed by atoms with Crippen molar-refractivity contribution >= 4 is 29.6 Å². The van der Waals surface area contributed by atoms with Gasteiger partial charge in [0.1, 0.15) is 11.4 Å². The third kappa shape index (κ3) is 4.44. The molecule has 0 saturated carbocycles. The van der Waals surface area contributed by atoms with Crippen molar-refractivity contribution in [2.75, 3.05) is 11.9 Å². The molecule has 2 aromatic carbocycles. The molecule has 0 bridgehead atoms. The Morgan fingerprint density at radius 1 is 1.00 bits per heavy atom. The van der Waals surface area contributed by atoms with Crippen LogP contribution < -0.4 is 20.7 Å². The van der Waals surface area contributed by atoms with E-state index in [2.05, 4.69) is 16.0 Å². The van der Waals surface area contributed by atoms with Crippen molar-refractivity contribution in [1.29, 1.82) is 0 Å². The normalized spacial score (nSPS) is 14.8. The van der Waals surface area contributed by atoms with Gasteiger partial charge in [0.05, 0.1) is 0 Å². The van der Waals surface area contributed by atoms with Crippen LogP contribution in [0.25, 0.3) is 6.08 Å². The van der Waals surface area contributed by atoms with Crippen molar-refractivity contribution in [2.45, 2.75) is 0 Å². The largest absolute Gasteiger partial charge is 0.484 e. The Kier molecular flexibility index (Phi) is 4.75. The minimum atomic E-state index is -0.541. The van der Waals surface area contributed by atoms with Crippen LogP contribution in [0.15, 0.2) is 60.3 Å². The van der Waals surface area contributed by atoms with Gasteiger partial charge in [-0.05, 0) is 35.9 Å². The van der Waals surface area contributed by atoms with E-state index in [1.165, 1.54) is 0 Å². The third-order valence-corrected chi connectivity index (χ3v) is 3.34. The van der Waals surface area contributed by atoms with Gasteiger partial charge in [-0.15, -0.1) is 0 Å². The highest BCUT2D eigenvalue weighted by Gasteiger charge is 2.22. The second-order valence-electron chi connectivity index (χ2n) is 5.24. The van der Waals surface area contributed by atoms with E-state index in [9.17, 15) is 14.4 Å². The molecule has 0 aliphatic carbocycles. The Bertz CT molecular complexity index is 829. The second kappa shape index (κ2) is 7.31. The van der Waals surface area contributed by atoms with Crippen LogP contribution in [0.4, 0.5) is 10.5 Å². The molecule has 4 amide bonds. The summed E-state index contributed by atoms with van der Waals surface area (Å²) in [6, 6.07) is 15.4. The molecule has 3 rings (SSSR count). The summed E-state index contributed by atoms with van der Waals surface area (Å²) in [5, 5.41) is 7.25. The zero-order chi connectivity index (χ0) is 17.6. The van der Waals surface area contributed by atoms with Gasteiger partial charge in [0, 0.05) is 5.69 Å². The lowest BCUT2D eigenvalue weighted by Crippen LogP contribution is -2.22. The van der Waals surface area contributed by atoms with Gasteiger partial charge in [0.2, 0.25) is 0 Å². The highest BCUT2D eigenvalue weighted by atomic mass is 16.5. The van der Waals surface area contributed by atoms with Gasteiger partial charge < -0.3 is 15.4 Å². The van der Waals surface area contributed by atoms with E-state index in [-0.39, 0.29) is 18.2 Å². The molecule has 0 aromatic heterocycles. The SMILES string of the molecule is O=C(COc1ccc(C=C2NC(=O)NC2=O)cc1)Nc1ccccc1. The van der Waals surface area contributed by atoms with Crippen LogP contribution in [0, 0.1) is 0 Å². The first kappa shape index (κ1) is 16.3. The molecule has 126 valence electrons. The summed E-state index contributed by atoms with van der Waals surface area (Å²) in [7, 11) is 0. The highest BCUT2D eigenvalue weighted by Crippen LogP contribution is 2.15. The molecule has 25 heavy (non-hydrogen) atoms. The number of benzene rings is 2. The molecule has 1 aliphatic rings. The Balaban J connectivity index is 1.54. The molecule has 0 spiro atoms. The number of hydrogen-bond acceptors (Lipinski definition) is 4. The number of para-hydroxylation sites is 1. The number of urea groups is 1. The van der Waals surface area contributed by atoms with Gasteiger partial charge in [-0.25, -0.2) is 4.79 Å². The topological polar surface area (TPSA) is 96.5 Å². The molecule has 7 nitrogen and oxygen atoms in total. The van der Waals surface area contributed by atoms with Crippen LogP contribution in [-0.2, 0) is 9.59 Å². The number of rotatable bonds is 5. The first-order valence-electron chi connectivity index (χ1n) is 7.52. The molecule has 1 heterocycles. The summed E-state index contributed by atoms with van der Waals surface area (Å²) in [4.78, 5) is 34.3. The zero-order valence-electron chi connectivity index (χ0n) is 13.1. The predicted molar refractivity (Wildman–Crippen MR) is 91.7 cm³/mol. The van der Waals surface area contributed by atoms with Crippen molar-refractivity contribution in [3.63, 3.8) is 0 Å². The molecule has 0 atom stereocenters. The Labute approximate surface area is 143 Å². The number of anilines is 1. The Hall–Kier alpha value is -3.61. The maximum Gasteiger partial charge on any atom is 0.326 e. The van der Waals surface area contributed by atoms with E-state index < -0.39 is 11.9 Å². The summed E-state index contributed by atoms with van der Waals surface area (Å²) in [6.45, 7) is -0.117. The van der Waals surface area contributed by atoms with Gasteiger partial charge in [-0.3, -0.25) is 14.9 Å². The summed E-state index contributed by atoms with van der Waals surface area (Å²) in [6.07, 6.45) is 1.55. The molecule has 0 radical (unpaired) electrons. The fourth-order valence-electron chi connectivity index (χ4n) is 2.18. The molecule has 0 unspecified atom stereocenters. The molecule has 1 fully saturated rings. The maximum atomic E-state index is 11.8. The Morgan fingerprint density at radius 3 is 2.36 bits per heavy atom. The fraction of sp³-hybridized carbons (Fsp3) is 0.0556. The zero-order valence-corrected chi connectivity index (χ0v) is 13.1. The first-order chi connectivity index (χ1) is 12.1. The molecule has 1 saturated heterocycles. The monoisotopic (exact) mass is 337 g/mol. The van der Waals surface area contributed by atoms with Crippen LogP contribution in [0.1, 0.15) is 5.56 Å². The minimum absolute atomic E-state index is 0.117. The van der Waals surface area contributed by atoms with Crippen LogP contribution in [-0.4, -0.2) is 24.5 Å². The predicted octanol–water partition coefficient (Wildman–Crippen LogP) is 1.88. The molecule has 2 aromatic rings. The average Bonchev–Trinajstić information content (AvgIpc) is 2.92. The molecule has 7 heteroatoms. The number of nitrogens with one attached hydrogen (secondary N) is 3. The van der Waals surface area contributed by atoms with Crippen molar-refractivity contribution in [3.05, 3.63) is 65.9 Å². The summed E-state index contributed by atoms with van der Waals surface area (Å²) >= 11 is 0. The van der Waals surface area contributed by atoms with Gasteiger partial charge in [-0.2, -0.15) is 0 Å². The van der Waals surface area contributed by atoms with Crippen LogP contribution in [0.3, 0.4) is 0 Å². The number of hydrogen-bond donors (Lipinski definition) is 3. The fourth-order valence-corrected chi connectivity index (χ4v) is 2.18. The van der Waals surface area contributed by atoms with Crippen LogP contribution in [0.2, 0.25) is 0 Å². The van der Waals surface area contributed by atoms with E-state index in [4.69, 9.17) is 4.74 Å². The van der Waals surface area contributed by atoms with Crippen LogP contribution >= 0.6 is 0 Å². The number of amides is 4. The molecular formula is C18H15N3O4. The van der Waals surface area contributed by atoms with E-state index in [0.29, 0.717) is 17.0 Å². The van der Waals surface area contributed by atoms with E-state index in [0.717, 1.165) is 0 Å². The molecular weight excluding hydrogens is 322 g/mol. The van der Waals surface area contributed by atoms with Gasteiger partial charge >= 0.3 is 6.03 Å². The maximum absolute atomic E-state index is 11.8. The lowest BCUT2D eigenvalue weighted by Gasteiger charge is -2.07. The highest BCUT2D eigenvalue weighted by molar-refractivity contribution is 6.13. The number of ether oxygens (including phenoxy) is 1. The summed E-state index contributed by atoms with van der Waals surface area (Å²) < 4.78 is 5.42. The smallest absolute Gasteiger partial charge is 0.326 e. The summed E-state index contributed by atoms with van der Waals surface area (Å²) in [5.74, 6) is -0.212. The van der Waals surface area contributed by atoms with Gasteiger partial charge in [0.25, 0.3) is 11.8 Å². The van der Waals surface area contributed by atoms with E-state index >= 15 is 0 Å². The lowest BCUT2D eigenvalue weighted by molar-refractivity contribution is -0.118. The van der Waals surface area contributed by atoms with Crippen molar-refractivity contribution in [1.82, 2.24) is 10.6 Å². The third-order valence-electron chi connectivity index (χ3n) is 3.34. The van der Waals surface area contributed by atoms with Crippen molar-refractivity contribution in [3.8, 4) is 5.75 Å². The van der Waals surface area contributed by atoms with Gasteiger partial charge in [-0.1, -0.05) is 30.3 Å².